The molecule has 0 unspecified atom stereocenters. The van der Waals surface area contributed by atoms with E-state index in [2.05, 4.69) is 0 Å². The third kappa shape index (κ3) is 4.12. The van der Waals surface area contributed by atoms with E-state index in [0.29, 0.717) is 10.6 Å². The van der Waals surface area contributed by atoms with Gasteiger partial charge in [-0.25, -0.2) is 4.79 Å². The predicted octanol–water partition coefficient (Wildman–Crippen LogP) is 3.77. The standard InChI is InChI=1S/C16H15Cl2NO3/c1-10(2)22-16(21)12-5-3-4-11(6-12)8-19-9-13(17)7-14(18)15(19)20/h3-7,9-10H,8H2,1-2H3. The molecular weight excluding hydrogens is 325 g/mol. The van der Waals surface area contributed by atoms with Crippen molar-refractivity contribution in [1.29, 1.82) is 0 Å². The van der Waals surface area contributed by atoms with Gasteiger partial charge in [0.15, 0.2) is 0 Å². The molecule has 0 aliphatic carbocycles. The van der Waals surface area contributed by atoms with Crippen LogP contribution in [0.5, 0.6) is 0 Å². The maximum absolute atomic E-state index is 12.0. The van der Waals surface area contributed by atoms with E-state index in [1.54, 1.807) is 32.0 Å². The van der Waals surface area contributed by atoms with Crippen molar-refractivity contribution in [3.8, 4) is 0 Å². The third-order valence-electron chi connectivity index (χ3n) is 2.87. The zero-order valence-electron chi connectivity index (χ0n) is 12.2. The molecule has 0 saturated heterocycles. The average Bonchev–Trinajstić information content (AvgIpc) is 2.44. The lowest BCUT2D eigenvalue weighted by Crippen LogP contribution is -2.20. The van der Waals surface area contributed by atoms with Crippen molar-refractivity contribution in [1.82, 2.24) is 4.57 Å². The van der Waals surface area contributed by atoms with Gasteiger partial charge in [0.05, 0.1) is 23.2 Å². The Bertz CT molecular complexity index is 753. The van der Waals surface area contributed by atoms with Crippen molar-refractivity contribution in [3.05, 3.63) is 68.1 Å². The van der Waals surface area contributed by atoms with Crippen LogP contribution in [-0.2, 0) is 11.3 Å². The van der Waals surface area contributed by atoms with Gasteiger partial charge in [-0.2, -0.15) is 0 Å². The first-order chi connectivity index (χ1) is 10.4. The minimum Gasteiger partial charge on any atom is -0.459 e. The lowest BCUT2D eigenvalue weighted by atomic mass is 10.1. The molecule has 22 heavy (non-hydrogen) atoms. The summed E-state index contributed by atoms with van der Waals surface area (Å²) in [6.45, 7) is 3.84. The monoisotopic (exact) mass is 339 g/mol. The van der Waals surface area contributed by atoms with E-state index < -0.39 is 5.97 Å². The molecule has 1 heterocycles. The maximum atomic E-state index is 12.0. The minimum atomic E-state index is -0.395. The Morgan fingerprint density at radius 2 is 2.00 bits per heavy atom. The maximum Gasteiger partial charge on any atom is 0.338 e. The fourth-order valence-electron chi connectivity index (χ4n) is 1.96. The second kappa shape index (κ2) is 6.99. The Hall–Kier alpha value is -1.78. The molecule has 0 N–H and O–H groups in total. The van der Waals surface area contributed by atoms with Crippen molar-refractivity contribution < 1.29 is 9.53 Å². The van der Waals surface area contributed by atoms with Gasteiger partial charge in [-0.3, -0.25) is 4.79 Å². The highest BCUT2D eigenvalue weighted by molar-refractivity contribution is 6.34. The van der Waals surface area contributed by atoms with Crippen LogP contribution >= 0.6 is 23.2 Å². The molecule has 116 valence electrons. The number of aromatic nitrogens is 1. The van der Waals surface area contributed by atoms with Crippen LogP contribution < -0.4 is 5.56 Å². The van der Waals surface area contributed by atoms with Gasteiger partial charge >= 0.3 is 5.97 Å². The molecule has 0 fully saturated rings. The van der Waals surface area contributed by atoms with Gasteiger partial charge in [-0.1, -0.05) is 35.3 Å². The number of halogens is 2. The molecule has 1 aromatic heterocycles. The third-order valence-corrected chi connectivity index (χ3v) is 3.34. The number of carbonyl (C=O) groups excluding carboxylic acids is 1. The second-order valence-corrected chi connectivity index (χ2v) is 5.94. The Kier molecular flexibility index (Phi) is 5.27. The topological polar surface area (TPSA) is 48.3 Å². The number of hydrogen-bond donors (Lipinski definition) is 0. The predicted molar refractivity (Wildman–Crippen MR) is 86.8 cm³/mol. The summed E-state index contributed by atoms with van der Waals surface area (Å²) in [6.07, 6.45) is 1.32. The van der Waals surface area contributed by atoms with Crippen LogP contribution in [0.3, 0.4) is 0 Å². The Morgan fingerprint density at radius 3 is 2.68 bits per heavy atom. The Morgan fingerprint density at radius 1 is 1.27 bits per heavy atom. The average molecular weight is 340 g/mol. The van der Waals surface area contributed by atoms with Gasteiger partial charge in [0.1, 0.15) is 5.02 Å². The summed E-state index contributed by atoms with van der Waals surface area (Å²) in [7, 11) is 0. The van der Waals surface area contributed by atoms with Gasteiger partial charge < -0.3 is 9.30 Å². The van der Waals surface area contributed by atoms with Crippen LogP contribution in [0.4, 0.5) is 0 Å². The van der Waals surface area contributed by atoms with Crippen molar-refractivity contribution >= 4 is 29.2 Å². The number of hydrogen-bond acceptors (Lipinski definition) is 3. The van der Waals surface area contributed by atoms with Crippen LogP contribution in [-0.4, -0.2) is 16.6 Å². The van der Waals surface area contributed by atoms with Crippen LogP contribution in [0, 0.1) is 0 Å². The van der Waals surface area contributed by atoms with E-state index in [1.165, 1.54) is 16.8 Å². The summed E-state index contributed by atoms with van der Waals surface area (Å²) in [6, 6.07) is 8.31. The summed E-state index contributed by atoms with van der Waals surface area (Å²) in [5, 5.41) is 0.433. The van der Waals surface area contributed by atoms with E-state index in [4.69, 9.17) is 27.9 Å². The molecule has 2 rings (SSSR count). The number of ether oxygens (including phenoxy) is 1. The van der Waals surface area contributed by atoms with Gasteiger partial charge in [-0.05, 0) is 37.6 Å². The molecule has 0 radical (unpaired) electrons. The molecule has 0 bridgehead atoms. The summed E-state index contributed by atoms with van der Waals surface area (Å²) in [4.78, 5) is 23.9. The van der Waals surface area contributed by atoms with Crippen molar-refractivity contribution in [2.75, 3.05) is 0 Å². The number of rotatable bonds is 4. The molecule has 0 aliphatic heterocycles. The summed E-state index contributed by atoms with van der Waals surface area (Å²) < 4.78 is 6.55. The van der Waals surface area contributed by atoms with E-state index in [-0.39, 0.29) is 23.2 Å². The van der Waals surface area contributed by atoms with E-state index in [9.17, 15) is 9.59 Å². The zero-order valence-corrected chi connectivity index (χ0v) is 13.7. The molecule has 0 aliphatic rings. The van der Waals surface area contributed by atoms with Crippen LogP contribution in [0.1, 0.15) is 29.8 Å². The highest BCUT2D eigenvalue weighted by Crippen LogP contribution is 2.14. The molecule has 6 heteroatoms. The zero-order chi connectivity index (χ0) is 16.3. The normalized spacial score (nSPS) is 10.8. The van der Waals surface area contributed by atoms with Crippen LogP contribution in [0.2, 0.25) is 10.0 Å². The fraction of sp³-hybridized carbons (Fsp3) is 0.250. The summed E-state index contributed by atoms with van der Waals surface area (Å²) in [5.41, 5.74) is 0.882. The minimum absolute atomic E-state index is 0.0582. The van der Waals surface area contributed by atoms with Gasteiger partial charge in [0.25, 0.3) is 5.56 Å². The van der Waals surface area contributed by atoms with E-state index in [1.807, 2.05) is 6.07 Å². The number of pyridine rings is 1. The molecule has 0 saturated carbocycles. The smallest absolute Gasteiger partial charge is 0.338 e. The van der Waals surface area contributed by atoms with Crippen LogP contribution in [0.15, 0.2) is 41.3 Å². The van der Waals surface area contributed by atoms with Gasteiger partial charge in [0, 0.05) is 6.20 Å². The first kappa shape index (κ1) is 16.6. The number of benzene rings is 1. The summed E-state index contributed by atoms with van der Waals surface area (Å²) in [5.74, 6) is -0.395. The quantitative estimate of drug-likeness (QED) is 0.796. The molecule has 1 aromatic carbocycles. The number of carbonyl (C=O) groups is 1. The van der Waals surface area contributed by atoms with E-state index >= 15 is 0 Å². The molecule has 4 nitrogen and oxygen atoms in total. The number of esters is 1. The molecule has 0 atom stereocenters. The SMILES string of the molecule is CC(C)OC(=O)c1cccc(Cn2cc(Cl)cc(Cl)c2=O)c1. The van der Waals surface area contributed by atoms with E-state index in [0.717, 1.165) is 5.56 Å². The molecule has 0 amide bonds. The Balaban J connectivity index is 2.28. The number of nitrogens with zero attached hydrogens (tertiary/aromatic N) is 1. The molecule has 0 spiro atoms. The second-order valence-electron chi connectivity index (χ2n) is 5.09. The van der Waals surface area contributed by atoms with Crippen LogP contribution in [0.25, 0.3) is 0 Å². The molecular formula is C16H15Cl2NO3. The molecule has 2 aromatic rings. The lowest BCUT2D eigenvalue weighted by Gasteiger charge is -2.10. The summed E-state index contributed by atoms with van der Waals surface area (Å²) >= 11 is 11.7. The highest BCUT2D eigenvalue weighted by Gasteiger charge is 2.10. The van der Waals surface area contributed by atoms with Gasteiger partial charge in [0.2, 0.25) is 0 Å². The van der Waals surface area contributed by atoms with Crippen molar-refractivity contribution in [2.24, 2.45) is 0 Å². The Labute approximate surface area is 138 Å². The van der Waals surface area contributed by atoms with Gasteiger partial charge in [-0.15, -0.1) is 0 Å². The first-order valence-electron chi connectivity index (χ1n) is 6.72. The first-order valence-corrected chi connectivity index (χ1v) is 7.48. The largest absolute Gasteiger partial charge is 0.459 e. The highest BCUT2D eigenvalue weighted by atomic mass is 35.5. The van der Waals surface area contributed by atoms with Crippen molar-refractivity contribution in [3.63, 3.8) is 0 Å². The van der Waals surface area contributed by atoms with Crippen molar-refractivity contribution in [2.45, 2.75) is 26.5 Å². The fourth-order valence-corrected chi connectivity index (χ4v) is 2.47. The lowest BCUT2D eigenvalue weighted by molar-refractivity contribution is 0.0378.